The van der Waals surface area contributed by atoms with Crippen LogP contribution in [0.4, 0.5) is 0 Å². The molecule has 4 heteroatoms. The van der Waals surface area contributed by atoms with Gasteiger partial charge >= 0.3 is 0 Å². The zero-order chi connectivity index (χ0) is 12.1. The van der Waals surface area contributed by atoms with Gasteiger partial charge < -0.3 is 0 Å². The van der Waals surface area contributed by atoms with E-state index in [1.54, 1.807) is 0 Å². The largest absolute Gasteiger partial charge is 0.271 e. The number of rotatable bonds is 3. The molecule has 0 aromatic carbocycles. The second kappa shape index (κ2) is 6.47. The van der Waals surface area contributed by atoms with E-state index in [0.29, 0.717) is 5.92 Å². The van der Waals surface area contributed by atoms with Crippen LogP contribution in [-0.4, -0.2) is 4.98 Å². The quantitative estimate of drug-likeness (QED) is 0.511. The molecule has 17 heavy (non-hydrogen) atoms. The summed E-state index contributed by atoms with van der Waals surface area (Å²) in [5, 5.41) is 0. The van der Waals surface area contributed by atoms with Crippen molar-refractivity contribution in [3.8, 4) is 0 Å². The van der Waals surface area contributed by atoms with Gasteiger partial charge in [-0.3, -0.25) is 16.3 Å². The summed E-state index contributed by atoms with van der Waals surface area (Å²) >= 11 is 3.41. The molecule has 0 bridgehead atoms. The molecule has 0 radical (unpaired) electrons. The number of hydrazine groups is 1. The summed E-state index contributed by atoms with van der Waals surface area (Å²) in [5.74, 6) is 6.34. The van der Waals surface area contributed by atoms with Crippen molar-refractivity contribution in [2.45, 2.75) is 44.6 Å². The highest BCUT2D eigenvalue weighted by molar-refractivity contribution is 9.10. The van der Waals surface area contributed by atoms with Gasteiger partial charge in [-0.15, -0.1) is 0 Å². The first-order chi connectivity index (χ1) is 8.31. The summed E-state index contributed by atoms with van der Waals surface area (Å²) in [6, 6.07) is 4.28. The number of nitrogens with one attached hydrogen (secondary N) is 1. The van der Waals surface area contributed by atoms with Gasteiger partial charge in [0.05, 0.1) is 11.7 Å². The maximum atomic E-state index is 5.72. The topological polar surface area (TPSA) is 50.9 Å². The number of halogens is 1. The predicted octanol–water partition coefficient (Wildman–Crippen LogP) is 3.32. The van der Waals surface area contributed by atoms with Crippen LogP contribution in [0.15, 0.2) is 22.8 Å². The van der Waals surface area contributed by atoms with Gasteiger partial charge in [0, 0.05) is 10.7 Å². The molecule has 1 unspecified atom stereocenters. The van der Waals surface area contributed by atoms with Crippen LogP contribution in [0.2, 0.25) is 0 Å². The monoisotopic (exact) mass is 297 g/mol. The van der Waals surface area contributed by atoms with Gasteiger partial charge in [-0.05, 0) is 46.8 Å². The summed E-state index contributed by atoms with van der Waals surface area (Å²) in [4.78, 5) is 4.47. The van der Waals surface area contributed by atoms with E-state index >= 15 is 0 Å². The Kier molecular flexibility index (Phi) is 4.95. The Morgan fingerprint density at radius 2 is 1.94 bits per heavy atom. The van der Waals surface area contributed by atoms with Crippen LogP contribution < -0.4 is 11.3 Å². The van der Waals surface area contributed by atoms with Gasteiger partial charge in [-0.25, -0.2) is 0 Å². The van der Waals surface area contributed by atoms with E-state index in [4.69, 9.17) is 5.84 Å². The summed E-state index contributed by atoms with van der Waals surface area (Å²) in [6.45, 7) is 0. The molecule has 0 aliphatic heterocycles. The molecule has 0 amide bonds. The molecule has 0 saturated heterocycles. The fourth-order valence-corrected chi connectivity index (χ4v) is 2.91. The molecular formula is C13H20BrN3. The van der Waals surface area contributed by atoms with E-state index in [1.165, 1.54) is 38.5 Å². The van der Waals surface area contributed by atoms with Crippen molar-refractivity contribution in [2.24, 2.45) is 11.8 Å². The van der Waals surface area contributed by atoms with Crippen LogP contribution in [-0.2, 0) is 0 Å². The highest BCUT2D eigenvalue weighted by atomic mass is 79.9. The summed E-state index contributed by atoms with van der Waals surface area (Å²) < 4.78 is 1.01. The molecule has 1 aromatic heterocycles. The summed E-state index contributed by atoms with van der Waals surface area (Å²) in [7, 11) is 0. The van der Waals surface area contributed by atoms with Crippen molar-refractivity contribution in [1.29, 1.82) is 0 Å². The Morgan fingerprint density at radius 3 is 2.47 bits per heavy atom. The molecule has 2 rings (SSSR count). The number of pyridine rings is 1. The molecular weight excluding hydrogens is 278 g/mol. The van der Waals surface area contributed by atoms with Gasteiger partial charge in [0.25, 0.3) is 0 Å². The summed E-state index contributed by atoms with van der Waals surface area (Å²) in [5.41, 5.74) is 4.02. The normalized spacial score (nSPS) is 19.9. The Balaban J connectivity index is 2.11. The minimum atomic E-state index is 0.196. The van der Waals surface area contributed by atoms with Crippen molar-refractivity contribution in [2.75, 3.05) is 0 Å². The first kappa shape index (κ1) is 13.0. The first-order valence-electron chi connectivity index (χ1n) is 6.39. The highest BCUT2D eigenvalue weighted by Crippen LogP contribution is 2.32. The lowest BCUT2D eigenvalue weighted by Gasteiger charge is -2.25. The Bertz CT molecular complexity index is 331. The number of hydrogen-bond donors (Lipinski definition) is 2. The SMILES string of the molecule is NNC(c1ccc(Br)cn1)C1CCCCCC1. The van der Waals surface area contributed by atoms with Crippen LogP contribution in [0.25, 0.3) is 0 Å². The molecule has 3 nitrogen and oxygen atoms in total. The van der Waals surface area contributed by atoms with Crippen LogP contribution in [0.5, 0.6) is 0 Å². The van der Waals surface area contributed by atoms with E-state index in [2.05, 4.69) is 32.4 Å². The molecule has 3 N–H and O–H groups in total. The predicted molar refractivity (Wildman–Crippen MR) is 73.2 cm³/mol. The van der Waals surface area contributed by atoms with Crippen molar-refractivity contribution in [1.82, 2.24) is 10.4 Å². The second-order valence-corrected chi connectivity index (χ2v) is 5.71. The molecule has 1 atom stereocenters. The highest BCUT2D eigenvalue weighted by Gasteiger charge is 2.24. The Hall–Kier alpha value is -0.450. The van der Waals surface area contributed by atoms with E-state index in [9.17, 15) is 0 Å². The van der Waals surface area contributed by atoms with Crippen molar-refractivity contribution in [3.05, 3.63) is 28.5 Å². The fourth-order valence-electron chi connectivity index (χ4n) is 2.68. The van der Waals surface area contributed by atoms with Crippen LogP contribution in [0, 0.1) is 5.92 Å². The van der Waals surface area contributed by atoms with Crippen LogP contribution in [0.1, 0.15) is 50.3 Å². The number of hydrogen-bond acceptors (Lipinski definition) is 3. The molecule has 1 saturated carbocycles. The van der Waals surface area contributed by atoms with Crippen molar-refractivity contribution in [3.63, 3.8) is 0 Å². The second-order valence-electron chi connectivity index (χ2n) is 4.80. The molecule has 1 aliphatic carbocycles. The van der Waals surface area contributed by atoms with Crippen LogP contribution >= 0.6 is 15.9 Å². The van der Waals surface area contributed by atoms with Crippen molar-refractivity contribution >= 4 is 15.9 Å². The van der Waals surface area contributed by atoms with E-state index in [1.807, 2.05) is 12.3 Å². The summed E-state index contributed by atoms with van der Waals surface area (Å²) in [6.07, 6.45) is 9.72. The third-order valence-corrected chi connectivity index (χ3v) is 4.09. The van der Waals surface area contributed by atoms with Gasteiger partial charge in [-0.1, -0.05) is 25.7 Å². The van der Waals surface area contributed by atoms with Gasteiger partial charge in [-0.2, -0.15) is 0 Å². The lowest BCUT2D eigenvalue weighted by molar-refractivity contribution is 0.323. The molecule has 1 heterocycles. The third kappa shape index (κ3) is 3.50. The molecule has 1 fully saturated rings. The lowest BCUT2D eigenvalue weighted by Crippen LogP contribution is -2.34. The van der Waals surface area contributed by atoms with E-state index in [0.717, 1.165) is 10.2 Å². The Morgan fingerprint density at radius 1 is 1.24 bits per heavy atom. The minimum Gasteiger partial charge on any atom is -0.271 e. The van der Waals surface area contributed by atoms with E-state index in [-0.39, 0.29) is 6.04 Å². The molecule has 1 aromatic rings. The van der Waals surface area contributed by atoms with Gasteiger partial charge in [0.1, 0.15) is 0 Å². The molecule has 94 valence electrons. The van der Waals surface area contributed by atoms with Gasteiger partial charge in [0.15, 0.2) is 0 Å². The minimum absolute atomic E-state index is 0.196. The first-order valence-corrected chi connectivity index (χ1v) is 7.18. The van der Waals surface area contributed by atoms with E-state index < -0.39 is 0 Å². The van der Waals surface area contributed by atoms with Gasteiger partial charge in [0.2, 0.25) is 0 Å². The Labute approximate surface area is 111 Å². The molecule has 1 aliphatic rings. The smallest absolute Gasteiger partial charge is 0.0660 e. The maximum Gasteiger partial charge on any atom is 0.0660 e. The third-order valence-electron chi connectivity index (χ3n) is 3.62. The average Bonchev–Trinajstić information content (AvgIpc) is 2.62. The number of nitrogens with two attached hydrogens (primary N) is 1. The number of nitrogens with zero attached hydrogens (tertiary/aromatic N) is 1. The molecule has 0 spiro atoms. The maximum absolute atomic E-state index is 5.72. The standard InChI is InChI=1S/C13H20BrN3/c14-11-7-8-12(16-9-11)13(17-15)10-5-3-1-2-4-6-10/h7-10,13,17H,1-6,15H2. The number of aromatic nitrogens is 1. The van der Waals surface area contributed by atoms with Crippen molar-refractivity contribution < 1.29 is 0 Å². The fraction of sp³-hybridized carbons (Fsp3) is 0.615. The zero-order valence-electron chi connectivity index (χ0n) is 10.0. The average molecular weight is 298 g/mol. The van der Waals surface area contributed by atoms with Crippen LogP contribution in [0.3, 0.4) is 0 Å². The lowest BCUT2D eigenvalue weighted by atomic mass is 9.90. The zero-order valence-corrected chi connectivity index (χ0v) is 11.6.